The maximum Gasteiger partial charge on any atom is 0.322 e. The number of anilines is 1. The maximum absolute atomic E-state index is 13.5. The van der Waals surface area contributed by atoms with Crippen LogP contribution in [0, 0.1) is 6.92 Å². The molecule has 5 rings (SSSR count). The molecule has 0 bridgehead atoms. The Labute approximate surface area is 176 Å². The summed E-state index contributed by atoms with van der Waals surface area (Å²) in [5.74, 6) is 0. The van der Waals surface area contributed by atoms with Crippen molar-refractivity contribution in [2.24, 2.45) is 0 Å². The van der Waals surface area contributed by atoms with E-state index >= 15 is 0 Å². The van der Waals surface area contributed by atoms with Gasteiger partial charge < -0.3 is 14.8 Å². The number of rotatable bonds is 2. The second kappa shape index (κ2) is 7.56. The number of fused-ring (bicyclic) bond motifs is 3. The van der Waals surface area contributed by atoms with Crippen LogP contribution in [0.1, 0.15) is 28.4 Å². The first-order chi connectivity index (χ1) is 14.7. The highest BCUT2D eigenvalue weighted by Crippen LogP contribution is 2.36. The first-order valence-electron chi connectivity index (χ1n) is 10.2. The van der Waals surface area contributed by atoms with E-state index in [2.05, 4.69) is 46.4 Å². The normalized spacial score (nSPS) is 15.1. The van der Waals surface area contributed by atoms with Gasteiger partial charge in [-0.1, -0.05) is 66.2 Å². The van der Waals surface area contributed by atoms with Crippen molar-refractivity contribution in [3.05, 3.63) is 120 Å². The first-order valence-corrected chi connectivity index (χ1v) is 10.2. The molecule has 4 nitrogen and oxygen atoms in total. The van der Waals surface area contributed by atoms with Crippen LogP contribution in [0.3, 0.4) is 0 Å². The minimum Gasteiger partial charge on any atom is -0.318 e. The van der Waals surface area contributed by atoms with Crippen molar-refractivity contribution in [3.63, 3.8) is 0 Å². The number of benzene rings is 3. The van der Waals surface area contributed by atoms with Crippen LogP contribution in [0.25, 0.3) is 5.69 Å². The Kier molecular flexibility index (Phi) is 4.60. The zero-order valence-electron chi connectivity index (χ0n) is 16.8. The summed E-state index contributed by atoms with van der Waals surface area (Å²) in [5.41, 5.74) is 6.35. The number of urea groups is 1. The maximum atomic E-state index is 13.5. The van der Waals surface area contributed by atoms with Gasteiger partial charge in [-0.2, -0.15) is 0 Å². The third-order valence-electron chi connectivity index (χ3n) is 5.64. The molecule has 1 N–H and O–H groups in total. The Morgan fingerprint density at radius 3 is 2.40 bits per heavy atom. The summed E-state index contributed by atoms with van der Waals surface area (Å²) < 4.78 is 2.20. The Balaban J connectivity index is 1.62. The molecule has 2 amide bonds. The van der Waals surface area contributed by atoms with Crippen molar-refractivity contribution in [1.29, 1.82) is 0 Å². The lowest BCUT2D eigenvalue weighted by atomic mass is 10.0. The quantitative estimate of drug-likeness (QED) is 0.451. The molecule has 1 atom stereocenters. The van der Waals surface area contributed by atoms with Gasteiger partial charge in [0.1, 0.15) is 0 Å². The van der Waals surface area contributed by atoms with E-state index in [1.54, 1.807) is 0 Å². The van der Waals surface area contributed by atoms with Crippen LogP contribution in [0.2, 0.25) is 0 Å². The molecular formula is C26H23N3O. The van der Waals surface area contributed by atoms with Crippen molar-refractivity contribution in [2.45, 2.75) is 19.5 Å². The zero-order valence-corrected chi connectivity index (χ0v) is 16.8. The topological polar surface area (TPSA) is 37.3 Å². The van der Waals surface area contributed by atoms with Crippen molar-refractivity contribution in [2.75, 3.05) is 5.32 Å². The lowest BCUT2D eigenvalue weighted by molar-refractivity contribution is 0.194. The van der Waals surface area contributed by atoms with E-state index in [0.717, 1.165) is 33.8 Å². The third-order valence-corrected chi connectivity index (χ3v) is 5.64. The summed E-state index contributed by atoms with van der Waals surface area (Å²) in [5, 5.41) is 3.10. The lowest BCUT2D eigenvalue weighted by Gasteiger charge is -2.31. The molecule has 148 valence electrons. The number of carbonyl (C=O) groups is 1. The van der Waals surface area contributed by atoms with Gasteiger partial charge in [0.2, 0.25) is 0 Å². The number of nitrogens with zero attached hydrogens (tertiary/aromatic N) is 2. The van der Waals surface area contributed by atoms with Crippen LogP contribution in [-0.2, 0) is 6.54 Å². The van der Waals surface area contributed by atoms with Gasteiger partial charge in [0, 0.05) is 17.6 Å². The van der Waals surface area contributed by atoms with Crippen LogP contribution in [0.4, 0.5) is 10.5 Å². The Hall–Kier alpha value is -3.79. The van der Waals surface area contributed by atoms with Crippen molar-refractivity contribution >= 4 is 11.7 Å². The van der Waals surface area contributed by atoms with Crippen LogP contribution < -0.4 is 5.32 Å². The average molecular weight is 393 g/mol. The summed E-state index contributed by atoms with van der Waals surface area (Å²) in [4.78, 5) is 15.5. The summed E-state index contributed by atoms with van der Waals surface area (Å²) in [6, 6.07) is 30.3. The van der Waals surface area contributed by atoms with Gasteiger partial charge in [-0.25, -0.2) is 4.79 Å². The molecule has 0 saturated heterocycles. The number of hydrogen-bond acceptors (Lipinski definition) is 1. The molecule has 4 aromatic rings. The Morgan fingerprint density at radius 1 is 0.867 bits per heavy atom. The molecule has 0 unspecified atom stereocenters. The van der Waals surface area contributed by atoms with Crippen LogP contribution in [0.5, 0.6) is 0 Å². The molecular weight excluding hydrogens is 370 g/mol. The second-order valence-corrected chi connectivity index (χ2v) is 7.67. The molecule has 0 fully saturated rings. The van der Waals surface area contributed by atoms with E-state index < -0.39 is 0 Å². The molecule has 1 aromatic heterocycles. The zero-order chi connectivity index (χ0) is 20.5. The van der Waals surface area contributed by atoms with Gasteiger partial charge >= 0.3 is 6.03 Å². The predicted octanol–water partition coefficient (Wildman–Crippen LogP) is 5.92. The fraction of sp³-hybridized carbons (Fsp3) is 0.115. The van der Waals surface area contributed by atoms with E-state index in [4.69, 9.17) is 0 Å². The predicted molar refractivity (Wildman–Crippen MR) is 120 cm³/mol. The molecule has 2 heterocycles. The van der Waals surface area contributed by atoms with Gasteiger partial charge in [0.15, 0.2) is 0 Å². The molecule has 30 heavy (non-hydrogen) atoms. The van der Waals surface area contributed by atoms with Crippen molar-refractivity contribution < 1.29 is 4.79 Å². The molecule has 1 aliphatic rings. The molecule has 1 aliphatic heterocycles. The van der Waals surface area contributed by atoms with E-state index in [0.29, 0.717) is 6.54 Å². The van der Waals surface area contributed by atoms with Gasteiger partial charge in [-0.3, -0.25) is 0 Å². The van der Waals surface area contributed by atoms with E-state index in [-0.39, 0.29) is 12.1 Å². The second-order valence-electron chi connectivity index (χ2n) is 7.67. The largest absolute Gasteiger partial charge is 0.322 e. The van der Waals surface area contributed by atoms with Crippen LogP contribution in [-0.4, -0.2) is 15.5 Å². The molecule has 0 saturated carbocycles. The van der Waals surface area contributed by atoms with Gasteiger partial charge in [0.05, 0.1) is 18.3 Å². The number of nitrogens with one attached hydrogen (secondary N) is 1. The standard InChI is InChI=1S/C26H23N3O/c1-19-13-15-22(16-14-19)27-26(30)29-18-21-10-5-6-11-23(21)28-17-7-12-24(28)25(29)20-8-3-2-4-9-20/h2-17,25H,18H2,1H3,(H,27,30)/t25-/m0/s1. The minimum absolute atomic E-state index is 0.114. The summed E-state index contributed by atoms with van der Waals surface area (Å²) in [6.45, 7) is 2.56. The minimum atomic E-state index is -0.195. The summed E-state index contributed by atoms with van der Waals surface area (Å²) >= 11 is 0. The van der Waals surface area contributed by atoms with Crippen molar-refractivity contribution in [1.82, 2.24) is 9.47 Å². The smallest absolute Gasteiger partial charge is 0.318 e. The SMILES string of the molecule is Cc1ccc(NC(=O)N2Cc3ccccc3-n3cccc3[C@@H]2c2ccccc2)cc1. The fourth-order valence-corrected chi connectivity index (χ4v) is 4.16. The number of para-hydroxylation sites is 1. The number of carbonyl (C=O) groups excluding carboxylic acids is 1. The average Bonchev–Trinajstić information content (AvgIpc) is 3.20. The fourth-order valence-electron chi connectivity index (χ4n) is 4.16. The van der Waals surface area contributed by atoms with E-state index in [1.165, 1.54) is 0 Å². The van der Waals surface area contributed by atoms with Gasteiger partial charge in [-0.05, 0) is 48.4 Å². The Bertz CT molecular complexity index is 1180. The van der Waals surface area contributed by atoms with Crippen molar-refractivity contribution in [3.8, 4) is 5.69 Å². The summed E-state index contributed by atoms with van der Waals surface area (Å²) in [7, 11) is 0. The number of aromatic nitrogens is 1. The van der Waals surface area contributed by atoms with E-state index in [9.17, 15) is 4.79 Å². The van der Waals surface area contributed by atoms with E-state index in [1.807, 2.05) is 72.5 Å². The molecule has 0 spiro atoms. The van der Waals surface area contributed by atoms with Gasteiger partial charge in [0.25, 0.3) is 0 Å². The first kappa shape index (κ1) is 18.3. The Morgan fingerprint density at radius 2 is 1.60 bits per heavy atom. The lowest BCUT2D eigenvalue weighted by Crippen LogP contribution is -2.37. The van der Waals surface area contributed by atoms with Crippen LogP contribution >= 0.6 is 0 Å². The summed E-state index contributed by atoms with van der Waals surface area (Å²) in [6.07, 6.45) is 2.07. The molecule has 0 radical (unpaired) electrons. The molecule has 4 heteroatoms. The van der Waals surface area contributed by atoms with Gasteiger partial charge in [-0.15, -0.1) is 0 Å². The molecule has 0 aliphatic carbocycles. The number of amides is 2. The monoisotopic (exact) mass is 393 g/mol. The highest BCUT2D eigenvalue weighted by Gasteiger charge is 2.32. The van der Waals surface area contributed by atoms with Crippen LogP contribution in [0.15, 0.2) is 97.2 Å². The highest BCUT2D eigenvalue weighted by atomic mass is 16.2. The number of aryl methyl sites for hydroxylation is 1. The third kappa shape index (κ3) is 3.26. The number of hydrogen-bond donors (Lipinski definition) is 1. The molecule has 3 aromatic carbocycles. The highest BCUT2D eigenvalue weighted by molar-refractivity contribution is 5.90.